The SMILES string of the molecule is CC(CO[C@@H](CO)[C@@H](CO)OCC(C)C[Si](C)(O[Si](C)(C)C)O[Si](C)(C)C)C[Si](C)(O[Si](C)(C)C)O[Si](C)(C)C. The van der Waals surface area contributed by atoms with E-state index in [1.54, 1.807) is 0 Å². The first-order valence-corrected chi connectivity index (χ1v) is 33.6. The highest BCUT2D eigenvalue weighted by atomic mass is 28.5. The average Bonchev–Trinajstić information content (AvgIpc) is 2.63. The highest BCUT2D eigenvalue weighted by Crippen LogP contribution is 2.29. The van der Waals surface area contributed by atoms with Crippen LogP contribution in [0.15, 0.2) is 0 Å². The van der Waals surface area contributed by atoms with Crippen molar-refractivity contribution in [2.75, 3.05) is 26.4 Å². The number of ether oxygens (including phenoxy) is 2. The van der Waals surface area contributed by atoms with E-state index in [-0.39, 0.29) is 25.0 Å². The lowest BCUT2D eigenvalue weighted by molar-refractivity contribution is -0.118. The van der Waals surface area contributed by atoms with Crippen molar-refractivity contribution in [1.82, 2.24) is 0 Å². The fourth-order valence-electron chi connectivity index (χ4n) is 5.31. The molecule has 2 N–H and O–H groups in total. The summed E-state index contributed by atoms with van der Waals surface area (Å²) in [5.41, 5.74) is 0. The van der Waals surface area contributed by atoms with Gasteiger partial charge in [0, 0.05) is 13.2 Å². The van der Waals surface area contributed by atoms with Gasteiger partial charge in [-0.15, -0.1) is 0 Å². The highest BCUT2D eigenvalue weighted by Gasteiger charge is 2.43. The molecule has 0 aromatic heterocycles. The molecule has 0 amide bonds. The zero-order chi connectivity index (χ0) is 31.8. The number of aliphatic hydroxyl groups is 2. The van der Waals surface area contributed by atoms with Gasteiger partial charge in [-0.2, -0.15) is 0 Å². The number of rotatable bonds is 21. The molecule has 2 unspecified atom stereocenters. The van der Waals surface area contributed by atoms with Crippen LogP contribution in [0.3, 0.4) is 0 Å². The third kappa shape index (κ3) is 20.0. The molecule has 0 heterocycles. The Kier molecular flexibility index (Phi) is 16.7. The monoisotopic (exact) mass is 674 g/mol. The van der Waals surface area contributed by atoms with E-state index in [0.29, 0.717) is 13.2 Å². The molecule has 0 saturated carbocycles. The molecular formula is C26H66O8Si6. The highest BCUT2D eigenvalue weighted by molar-refractivity contribution is 6.88. The molecule has 0 aliphatic carbocycles. The van der Waals surface area contributed by atoms with Crippen molar-refractivity contribution in [3.05, 3.63) is 0 Å². The van der Waals surface area contributed by atoms with Gasteiger partial charge in [0.2, 0.25) is 0 Å². The molecule has 0 fully saturated rings. The predicted octanol–water partition coefficient (Wildman–Crippen LogP) is 6.56. The molecule has 4 atom stereocenters. The molecule has 14 heteroatoms. The van der Waals surface area contributed by atoms with E-state index in [1.165, 1.54) is 0 Å². The molecule has 0 radical (unpaired) electrons. The summed E-state index contributed by atoms with van der Waals surface area (Å²) in [7, 11) is -11.9. The van der Waals surface area contributed by atoms with Gasteiger partial charge >= 0.3 is 17.1 Å². The third-order valence-electron chi connectivity index (χ3n) is 5.49. The van der Waals surface area contributed by atoms with E-state index in [4.69, 9.17) is 25.9 Å². The summed E-state index contributed by atoms with van der Waals surface area (Å²) in [4.78, 5) is 0. The van der Waals surface area contributed by atoms with Crippen molar-refractivity contribution < 1.29 is 36.1 Å². The Morgan fingerprint density at radius 2 is 0.675 bits per heavy atom. The third-order valence-corrected chi connectivity index (χ3v) is 25.1. The van der Waals surface area contributed by atoms with Gasteiger partial charge < -0.3 is 36.1 Å². The van der Waals surface area contributed by atoms with Crippen LogP contribution < -0.4 is 0 Å². The van der Waals surface area contributed by atoms with Crippen LogP contribution in [0.25, 0.3) is 0 Å². The summed E-state index contributed by atoms with van der Waals surface area (Å²) in [6.07, 6.45) is -1.22. The largest absolute Gasteiger partial charge is 0.437 e. The number of aliphatic hydroxyl groups excluding tert-OH is 2. The Morgan fingerprint density at radius 1 is 0.450 bits per heavy atom. The van der Waals surface area contributed by atoms with Crippen molar-refractivity contribution >= 4 is 50.4 Å². The first kappa shape index (κ1) is 41.0. The lowest BCUT2D eigenvalue weighted by Crippen LogP contribution is -2.53. The van der Waals surface area contributed by atoms with Gasteiger partial charge in [0.25, 0.3) is 0 Å². The first-order valence-electron chi connectivity index (χ1n) is 15.0. The van der Waals surface area contributed by atoms with E-state index < -0.39 is 62.6 Å². The molecule has 0 bridgehead atoms. The minimum atomic E-state index is -2.40. The Hall–Kier alpha value is 0.981. The summed E-state index contributed by atoms with van der Waals surface area (Å²) in [6.45, 7) is 35.6. The minimum Gasteiger partial charge on any atom is -0.437 e. The van der Waals surface area contributed by atoms with Gasteiger partial charge in [-0.3, -0.25) is 0 Å². The molecule has 0 spiro atoms. The van der Waals surface area contributed by atoms with Crippen LogP contribution in [-0.4, -0.2) is 99.2 Å². The molecule has 0 aromatic carbocycles. The number of hydrogen-bond acceptors (Lipinski definition) is 8. The van der Waals surface area contributed by atoms with Crippen LogP contribution >= 0.6 is 0 Å². The molecule has 8 nitrogen and oxygen atoms in total. The zero-order valence-electron chi connectivity index (χ0n) is 28.9. The van der Waals surface area contributed by atoms with Crippen LogP contribution in [0.2, 0.25) is 104 Å². The van der Waals surface area contributed by atoms with E-state index >= 15 is 0 Å². The summed E-state index contributed by atoms with van der Waals surface area (Å²) in [6, 6.07) is 1.64. The van der Waals surface area contributed by atoms with Crippen LogP contribution in [0.4, 0.5) is 0 Å². The smallest absolute Gasteiger partial charge is 0.314 e. The van der Waals surface area contributed by atoms with Crippen molar-refractivity contribution in [1.29, 1.82) is 0 Å². The Morgan fingerprint density at radius 3 is 0.850 bits per heavy atom. The van der Waals surface area contributed by atoms with Crippen LogP contribution in [0.1, 0.15) is 13.8 Å². The predicted molar refractivity (Wildman–Crippen MR) is 183 cm³/mol. The maximum Gasteiger partial charge on any atom is 0.314 e. The van der Waals surface area contributed by atoms with Gasteiger partial charge in [-0.25, -0.2) is 0 Å². The van der Waals surface area contributed by atoms with E-state index in [1.807, 2.05) is 0 Å². The molecule has 0 rings (SSSR count). The fraction of sp³-hybridized carbons (Fsp3) is 1.00. The van der Waals surface area contributed by atoms with E-state index in [0.717, 1.165) is 12.1 Å². The van der Waals surface area contributed by atoms with Crippen molar-refractivity contribution in [2.24, 2.45) is 11.8 Å². The topological polar surface area (TPSA) is 95.8 Å². The van der Waals surface area contributed by atoms with Crippen molar-refractivity contribution in [2.45, 2.75) is 130 Å². The molecule has 0 aliphatic heterocycles. The van der Waals surface area contributed by atoms with Gasteiger partial charge in [0.05, 0.1) is 13.2 Å². The second-order valence-electron chi connectivity index (χ2n) is 15.9. The molecule has 242 valence electrons. The minimum absolute atomic E-state index is 0.181. The Bertz CT molecular complexity index is 626. The van der Waals surface area contributed by atoms with Gasteiger partial charge in [0.1, 0.15) is 12.2 Å². The second kappa shape index (κ2) is 16.3. The summed E-state index contributed by atoms with van der Waals surface area (Å²) >= 11 is 0. The van der Waals surface area contributed by atoms with E-state index in [2.05, 4.69) is 106 Å². The van der Waals surface area contributed by atoms with Crippen LogP contribution in [0.5, 0.6) is 0 Å². The summed E-state index contributed by atoms with van der Waals surface area (Å²) < 4.78 is 38.9. The van der Waals surface area contributed by atoms with Gasteiger partial charge in [-0.1, -0.05) is 13.8 Å². The number of hydrogen-bond donors (Lipinski definition) is 2. The van der Waals surface area contributed by atoms with Gasteiger partial charge in [-0.05, 0) is 116 Å². The first-order chi connectivity index (χ1) is 17.7. The van der Waals surface area contributed by atoms with Crippen LogP contribution in [-0.2, 0) is 25.9 Å². The molecule has 0 saturated heterocycles. The molecular weight excluding hydrogens is 609 g/mol. The normalized spacial score (nSPS) is 17.6. The fourth-order valence-corrected chi connectivity index (χ4v) is 31.2. The molecule has 40 heavy (non-hydrogen) atoms. The molecule has 0 aromatic rings. The Balaban J connectivity index is 5.25. The zero-order valence-corrected chi connectivity index (χ0v) is 34.9. The van der Waals surface area contributed by atoms with Crippen molar-refractivity contribution in [3.8, 4) is 0 Å². The lowest BCUT2D eigenvalue weighted by Gasteiger charge is -2.40. The van der Waals surface area contributed by atoms with E-state index in [9.17, 15) is 10.2 Å². The quantitative estimate of drug-likeness (QED) is 0.132. The van der Waals surface area contributed by atoms with Crippen molar-refractivity contribution in [3.63, 3.8) is 0 Å². The van der Waals surface area contributed by atoms with Crippen LogP contribution in [0, 0.1) is 11.8 Å². The standard InChI is InChI=1S/C26H66O8Si6/c1-23(21-39(15,31-35(3,4)5)32-36(6,7)8)19-29-25(17-27)26(18-28)30-20-24(2)22-40(16,33-37(9,10)11)34-38(12,13)14/h23-28H,17-22H2,1-16H3/t23?,24?,25-,26+. The maximum absolute atomic E-state index is 10.1. The summed E-state index contributed by atoms with van der Waals surface area (Å²) in [5, 5.41) is 20.2. The second-order valence-corrected chi connectivity index (χ2v) is 41.4. The summed E-state index contributed by atoms with van der Waals surface area (Å²) in [5.74, 6) is 0.363. The Labute approximate surface area is 253 Å². The molecule has 0 aliphatic rings. The lowest BCUT2D eigenvalue weighted by atomic mass is 10.2. The average molecular weight is 675 g/mol. The maximum atomic E-state index is 10.1. The van der Waals surface area contributed by atoms with Gasteiger partial charge in [0.15, 0.2) is 33.3 Å².